The molecule has 0 amide bonds. The first kappa shape index (κ1) is 8.25. The fourth-order valence-electron chi connectivity index (χ4n) is 1.39. The van der Waals surface area contributed by atoms with E-state index >= 15 is 0 Å². The fourth-order valence-corrected chi connectivity index (χ4v) is 1.39. The van der Waals surface area contributed by atoms with Crippen LogP contribution in [0.2, 0.25) is 0 Å². The number of aromatic carboxylic acids is 1. The van der Waals surface area contributed by atoms with E-state index in [9.17, 15) is 4.79 Å². The molecule has 0 spiro atoms. The number of carbonyl (C=O) groups is 1. The number of ether oxygens (including phenoxy) is 1. The summed E-state index contributed by atoms with van der Waals surface area (Å²) >= 11 is 0. The number of carboxylic acid groups (broad SMARTS) is 1. The van der Waals surface area contributed by atoms with Crippen LogP contribution < -0.4 is 0 Å². The van der Waals surface area contributed by atoms with E-state index in [1.54, 1.807) is 10.9 Å². The molecule has 1 fully saturated rings. The second kappa shape index (κ2) is 3.18. The number of hydrogen-bond acceptors (Lipinski definition) is 3. The molecule has 1 saturated heterocycles. The number of hydrogen-bond donors (Lipinski definition) is 1. The summed E-state index contributed by atoms with van der Waals surface area (Å²) in [6, 6.07) is 1.70. The van der Waals surface area contributed by atoms with Crippen LogP contribution in [-0.4, -0.2) is 34.1 Å². The topological polar surface area (TPSA) is 64.3 Å². The Balaban J connectivity index is 2.16. The lowest BCUT2D eigenvalue weighted by Crippen LogP contribution is -2.10. The molecule has 1 aliphatic heterocycles. The lowest BCUT2D eigenvalue weighted by atomic mass is 10.3. The first-order valence-electron chi connectivity index (χ1n) is 4.13. The van der Waals surface area contributed by atoms with Gasteiger partial charge in [0.2, 0.25) is 0 Å². The molecule has 0 saturated carbocycles. The lowest BCUT2D eigenvalue weighted by molar-refractivity contribution is 0.0689. The summed E-state index contributed by atoms with van der Waals surface area (Å²) in [5.41, 5.74) is 0.0897. The number of carboxylic acids is 1. The maximum atomic E-state index is 10.5. The van der Waals surface area contributed by atoms with Crippen LogP contribution in [-0.2, 0) is 4.74 Å². The van der Waals surface area contributed by atoms with Crippen LogP contribution in [0.4, 0.5) is 0 Å². The molecule has 1 N–H and O–H groups in total. The van der Waals surface area contributed by atoms with E-state index in [1.165, 1.54) is 6.07 Å². The average Bonchev–Trinajstić information content (AvgIpc) is 2.75. The summed E-state index contributed by atoms with van der Waals surface area (Å²) in [7, 11) is 0. The molecule has 1 aromatic rings. The van der Waals surface area contributed by atoms with E-state index in [1.807, 2.05) is 0 Å². The van der Waals surface area contributed by atoms with Crippen LogP contribution in [0.15, 0.2) is 12.3 Å². The number of aromatic nitrogens is 2. The highest BCUT2D eigenvalue weighted by Gasteiger charge is 2.19. The van der Waals surface area contributed by atoms with Gasteiger partial charge in [-0.15, -0.1) is 0 Å². The summed E-state index contributed by atoms with van der Waals surface area (Å²) in [6.45, 7) is 1.35. The fraction of sp³-hybridized carbons (Fsp3) is 0.500. The Morgan fingerprint density at radius 2 is 2.62 bits per heavy atom. The summed E-state index contributed by atoms with van der Waals surface area (Å²) in [4.78, 5) is 10.5. The highest BCUT2D eigenvalue weighted by molar-refractivity contribution is 5.85. The molecule has 0 aliphatic carbocycles. The van der Waals surface area contributed by atoms with Crippen LogP contribution in [0.1, 0.15) is 23.0 Å². The van der Waals surface area contributed by atoms with Crippen LogP contribution in [0, 0.1) is 0 Å². The van der Waals surface area contributed by atoms with Gasteiger partial charge in [0.15, 0.2) is 5.69 Å². The highest BCUT2D eigenvalue weighted by atomic mass is 16.5. The zero-order chi connectivity index (χ0) is 9.26. The van der Waals surface area contributed by atoms with E-state index in [-0.39, 0.29) is 11.7 Å². The van der Waals surface area contributed by atoms with E-state index in [4.69, 9.17) is 9.84 Å². The first-order chi connectivity index (χ1) is 6.27. The summed E-state index contributed by atoms with van der Waals surface area (Å²) in [5.74, 6) is -0.988. The minimum Gasteiger partial charge on any atom is -0.476 e. The Bertz CT molecular complexity index is 315. The van der Waals surface area contributed by atoms with E-state index in [2.05, 4.69) is 5.10 Å². The second-order valence-electron chi connectivity index (χ2n) is 3.00. The molecule has 1 aliphatic rings. The zero-order valence-electron chi connectivity index (χ0n) is 7.01. The van der Waals surface area contributed by atoms with Gasteiger partial charge in [0.05, 0.1) is 12.6 Å². The van der Waals surface area contributed by atoms with Crippen molar-refractivity contribution in [3.63, 3.8) is 0 Å². The molecular formula is C8H10N2O3. The van der Waals surface area contributed by atoms with Crippen molar-refractivity contribution >= 4 is 5.97 Å². The van der Waals surface area contributed by atoms with Crippen molar-refractivity contribution in [2.24, 2.45) is 0 Å². The van der Waals surface area contributed by atoms with Crippen LogP contribution >= 0.6 is 0 Å². The highest BCUT2D eigenvalue weighted by Crippen LogP contribution is 2.17. The zero-order valence-corrected chi connectivity index (χ0v) is 7.01. The molecule has 70 valence electrons. The quantitative estimate of drug-likeness (QED) is 0.725. The van der Waals surface area contributed by atoms with Crippen molar-refractivity contribution in [1.82, 2.24) is 9.78 Å². The van der Waals surface area contributed by atoms with Crippen molar-refractivity contribution < 1.29 is 14.6 Å². The molecule has 2 rings (SSSR count). The molecule has 1 atom stereocenters. The molecule has 5 heteroatoms. The molecular weight excluding hydrogens is 172 g/mol. The number of nitrogens with zero attached hydrogens (tertiary/aromatic N) is 2. The predicted molar refractivity (Wildman–Crippen MR) is 43.7 cm³/mol. The predicted octanol–water partition coefficient (Wildman–Crippen LogP) is 0.543. The summed E-state index contributed by atoms with van der Waals surface area (Å²) in [6.07, 6.45) is 2.59. The van der Waals surface area contributed by atoms with Gasteiger partial charge >= 0.3 is 5.97 Å². The van der Waals surface area contributed by atoms with Crippen LogP contribution in [0.5, 0.6) is 0 Å². The lowest BCUT2D eigenvalue weighted by Gasteiger charge is -2.06. The Kier molecular flexibility index (Phi) is 2.02. The maximum Gasteiger partial charge on any atom is 0.356 e. The van der Waals surface area contributed by atoms with Crippen LogP contribution in [0.3, 0.4) is 0 Å². The normalized spacial score (nSPS) is 22.0. The minimum atomic E-state index is -0.988. The molecule has 13 heavy (non-hydrogen) atoms. The van der Waals surface area contributed by atoms with Gasteiger partial charge in [-0.2, -0.15) is 5.10 Å². The van der Waals surface area contributed by atoms with E-state index in [0.717, 1.165) is 13.0 Å². The molecule has 5 nitrogen and oxygen atoms in total. The molecule has 0 bridgehead atoms. The van der Waals surface area contributed by atoms with Gasteiger partial charge < -0.3 is 9.84 Å². The maximum absolute atomic E-state index is 10.5. The Morgan fingerprint density at radius 1 is 1.77 bits per heavy atom. The Morgan fingerprint density at radius 3 is 3.15 bits per heavy atom. The monoisotopic (exact) mass is 182 g/mol. The van der Waals surface area contributed by atoms with E-state index < -0.39 is 5.97 Å². The van der Waals surface area contributed by atoms with Crippen LogP contribution in [0.25, 0.3) is 0 Å². The van der Waals surface area contributed by atoms with Gasteiger partial charge in [0.1, 0.15) is 0 Å². The smallest absolute Gasteiger partial charge is 0.356 e. The third-order valence-electron chi connectivity index (χ3n) is 2.11. The minimum absolute atomic E-state index is 0.0897. The van der Waals surface area contributed by atoms with Gasteiger partial charge in [0, 0.05) is 12.8 Å². The first-order valence-corrected chi connectivity index (χ1v) is 4.13. The van der Waals surface area contributed by atoms with Gasteiger partial charge in [0.25, 0.3) is 0 Å². The van der Waals surface area contributed by atoms with Crippen molar-refractivity contribution in [3.05, 3.63) is 18.0 Å². The second-order valence-corrected chi connectivity index (χ2v) is 3.00. The molecule has 0 radical (unpaired) electrons. The third kappa shape index (κ3) is 1.55. The molecule has 2 heterocycles. The summed E-state index contributed by atoms with van der Waals surface area (Å²) in [5, 5.41) is 12.6. The van der Waals surface area contributed by atoms with Gasteiger partial charge in [-0.3, -0.25) is 4.68 Å². The van der Waals surface area contributed by atoms with E-state index in [0.29, 0.717) is 6.61 Å². The molecule has 1 aromatic heterocycles. The largest absolute Gasteiger partial charge is 0.476 e. The van der Waals surface area contributed by atoms with Gasteiger partial charge in [-0.1, -0.05) is 0 Å². The standard InChI is InChI=1S/C8H10N2O3/c11-8(12)7-1-3-10(9-7)6-2-4-13-5-6/h1,3,6H,2,4-5H2,(H,11,12). The third-order valence-corrected chi connectivity index (χ3v) is 2.11. The SMILES string of the molecule is O=C(O)c1ccn(C2CCOC2)n1. The number of rotatable bonds is 2. The molecule has 0 aromatic carbocycles. The Hall–Kier alpha value is -1.36. The van der Waals surface area contributed by atoms with Crippen molar-refractivity contribution in [2.45, 2.75) is 12.5 Å². The van der Waals surface area contributed by atoms with Gasteiger partial charge in [-0.25, -0.2) is 4.79 Å². The Labute approximate surface area is 74.9 Å². The van der Waals surface area contributed by atoms with Crippen molar-refractivity contribution in [3.8, 4) is 0 Å². The van der Waals surface area contributed by atoms with Crippen molar-refractivity contribution in [1.29, 1.82) is 0 Å². The summed E-state index contributed by atoms with van der Waals surface area (Å²) < 4.78 is 6.84. The molecule has 1 unspecified atom stereocenters. The van der Waals surface area contributed by atoms with Gasteiger partial charge in [-0.05, 0) is 12.5 Å². The van der Waals surface area contributed by atoms with Crippen molar-refractivity contribution in [2.75, 3.05) is 13.2 Å². The average molecular weight is 182 g/mol.